The van der Waals surface area contributed by atoms with Crippen LogP contribution in [0.25, 0.3) is 0 Å². The van der Waals surface area contributed by atoms with Crippen molar-refractivity contribution in [3.8, 4) is 0 Å². The summed E-state index contributed by atoms with van der Waals surface area (Å²) in [5.74, 6) is -0.163. The van der Waals surface area contributed by atoms with Gasteiger partial charge in [-0.15, -0.1) is 11.6 Å². The van der Waals surface area contributed by atoms with Crippen LogP contribution >= 0.6 is 11.6 Å². The van der Waals surface area contributed by atoms with Crippen LogP contribution in [0, 0.1) is 0 Å². The van der Waals surface area contributed by atoms with Gasteiger partial charge in [0, 0.05) is 13.7 Å². The van der Waals surface area contributed by atoms with Crippen molar-refractivity contribution in [1.82, 2.24) is 5.32 Å². The van der Waals surface area contributed by atoms with E-state index < -0.39 is 0 Å². The highest BCUT2D eigenvalue weighted by Crippen LogP contribution is 2.10. The summed E-state index contributed by atoms with van der Waals surface area (Å²) < 4.78 is 10.4. The molecule has 0 aromatic rings. The summed E-state index contributed by atoms with van der Waals surface area (Å²) in [6.45, 7) is 1.19. The number of methoxy groups -OCH3 is 1. The number of halogens is 1. The molecule has 0 aromatic carbocycles. The van der Waals surface area contributed by atoms with Gasteiger partial charge in [-0.3, -0.25) is 4.79 Å². The van der Waals surface area contributed by atoms with Crippen LogP contribution in [0.2, 0.25) is 0 Å². The van der Waals surface area contributed by atoms with E-state index in [-0.39, 0.29) is 23.9 Å². The molecule has 1 aliphatic heterocycles. The molecule has 1 saturated heterocycles. The lowest BCUT2D eigenvalue weighted by atomic mass is 10.1. The number of nitrogens with one attached hydrogen (secondary N) is 1. The summed E-state index contributed by atoms with van der Waals surface area (Å²) in [7, 11) is 1.61. The normalized spacial score (nSPS) is 28.5. The molecule has 1 fully saturated rings. The van der Waals surface area contributed by atoms with Gasteiger partial charge in [-0.1, -0.05) is 0 Å². The fraction of sp³-hybridized carbons (Fsp3) is 0.875. The molecule has 0 aliphatic carbocycles. The van der Waals surface area contributed by atoms with Gasteiger partial charge in [0.15, 0.2) is 0 Å². The topological polar surface area (TPSA) is 47.6 Å². The second kappa shape index (κ2) is 5.42. The van der Waals surface area contributed by atoms with Crippen molar-refractivity contribution >= 4 is 17.5 Å². The molecular formula is C8H14ClNO3. The molecule has 0 bridgehead atoms. The molecule has 5 heteroatoms. The molecule has 76 valence electrons. The Bertz CT molecular complexity index is 177. The Morgan fingerprint density at radius 2 is 2.54 bits per heavy atom. The predicted molar refractivity (Wildman–Crippen MR) is 48.9 cm³/mol. The molecule has 0 radical (unpaired) electrons. The van der Waals surface area contributed by atoms with Crippen LogP contribution in [-0.2, 0) is 14.3 Å². The minimum absolute atomic E-state index is 0.00616. The summed E-state index contributed by atoms with van der Waals surface area (Å²) in [4.78, 5) is 11.0. The summed E-state index contributed by atoms with van der Waals surface area (Å²) in [5.41, 5.74) is 0. The molecule has 13 heavy (non-hydrogen) atoms. The Hall–Kier alpha value is -0.320. The van der Waals surface area contributed by atoms with Crippen molar-refractivity contribution in [3.05, 3.63) is 0 Å². The van der Waals surface area contributed by atoms with E-state index in [9.17, 15) is 4.79 Å². The summed E-state index contributed by atoms with van der Waals surface area (Å²) >= 11 is 5.38. The molecule has 0 spiro atoms. The number of rotatable bonds is 3. The molecule has 1 rings (SSSR count). The van der Waals surface area contributed by atoms with Gasteiger partial charge in [-0.2, -0.15) is 0 Å². The SMILES string of the molecule is COC1COCCC1NC(=O)CCl. The number of ether oxygens (including phenoxy) is 2. The van der Waals surface area contributed by atoms with E-state index in [2.05, 4.69) is 5.32 Å². The first kappa shape index (κ1) is 10.8. The van der Waals surface area contributed by atoms with E-state index in [4.69, 9.17) is 21.1 Å². The lowest BCUT2D eigenvalue weighted by molar-refractivity contribution is -0.122. The first-order valence-corrected chi connectivity index (χ1v) is 4.77. The first-order chi connectivity index (χ1) is 6.27. The predicted octanol–water partition coefficient (Wildman–Crippen LogP) is 0.145. The van der Waals surface area contributed by atoms with Gasteiger partial charge in [-0.25, -0.2) is 0 Å². The number of amides is 1. The molecule has 0 saturated carbocycles. The third-order valence-corrected chi connectivity index (χ3v) is 2.32. The lowest BCUT2D eigenvalue weighted by Crippen LogP contribution is -2.49. The summed E-state index contributed by atoms with van der Waals surface area (Å²) in [5, 5.41) is 2.79. The fourth-order valence-electron chi connectivity index (χ4n) is 1.35. The second-order valence-electron chi connectivity index (χ2n) is 2.95. The maximum absolute atomic E-state index is 11.0. The molecule has 1 amide bonds. The van der Waals surface area contributed by atoms with Gasteiger partial charge in [0.2, 0.25) is 5.91 Å². The number of carbonyl (C=O) groups is 1. The van der Waals surface area contributed by atoms with E-state index in [0.29, 0.717) is 13.2 Å². The van der Waals surface area contributed by atoms with Crippen LogP contribution in [-0.4, -0.2) is 44.3 Å². The van der Waals surface area contributed by atoms with Crippen LogP contribution in [0.4, 0.5) is 0 Å². The van der Waals surface area contributed by atoms with Gasteiger partial charge in [0.1, 0.15) is 12.0 Å². The number of hydrogen-bond acceptors (Lipinski definition) is 3. The first-order valence-electron chi connectivity index (χ1n) is 4.23. The molecule has 1 N–H and O–H groups in total. The van der Waals surface area contributed by atoms with E-state index in [1.165, 1.54) is 0 Å². The molecule has 2 unspecified atom stereocenters. The van der Waals surface area contributed by atoms with Gasteiger partial charge in [-0.05, 0) is 6.42 Å². The number of carbonyl (C=O) groups excluding carboxylic acids is 1. The Morgan fingerprint density at radius 1 is 1.77 bits per heavy atom. The number of alkyl halides is 1. The zero-order chi connectivity index (χ0) is 9.68. The van der Waals surface area contributed by atoms with E-state index >= 15 is 0 Å². The highest BCUT2D eigenvalue weighted by atomic mass is 35.5. The van der Waals surface area contributed by atoms with Crippen molar-refractivity contribution in [2.45, 2.75) is 18.6 Å². The monoisotopic (exact) mass is 207 g/mol. The number of hydrogen-bond donors (Lipinski definition) is 1. The van der Waals surface area contributed by atoms with Gasteiger partial charge in [0.25, 0.3) is 0 Å². The van der Waals surface area contributed by atoms with Gasteiger partial charge < -0.3 is 14.8 Å². The Labute approximate surface area is 82.5 Å². The minimum atomic E-state index is -0.157. The minimum Gasteiger partial charge on any atom is -0.379 e. The highest BCUT2D eigenvalue weighted by molar-refractivity contribution is 6.27. The van der Waals surface area contributed by atoms with Crippen molar-refractivity contribution < 1.29 is 14.3 Å². The van der Waals surface area contributed by atoms with Crippen molar-refractivity contribution in [3.63, 3.8) is 0 Å². The second-order valence-corrected chi connectivity index (χ2v) is 3.21. The molecule has 0 aromatic heterocycles. The molecule has 4 nitrogen and oxygen atoms in total. The largest absolute Gasteiger partial charge is 0.379 e. The van der Waals surface area contributed by atoms with Crippen molar-refractivity contribution in [1.29, 1.82) is 0 Å². The Morgan fingerprint density at radius 3 is 3.15 bits per heavy atom. The van der Waals surface area contributed by atoms with Gasteiger partial charge >= 0.3 is 0 Å². The zero-order valence-electron chi connectivity index (χ0n) is 7.59. The summed E-state index contributed by atoms with van der Waals surface area (Å²) in [6, 6.07) is 0.0324. The maximum Gasteiger partial charge on any atom is 0.235 e. The third kappa shape index (κ3) is 3.14. The Kier molecular flexibility index (Phi) is 4.48. The standard InChI is InChI=1S/C8H14ClNO3/c1-12-7-5-13-3-2-6(7)10-8(11)4-9/h6-7H,2-5H2,1H3,(H,10,11). The van der Waals surface area contributed by atoms with E-state index in [1.807, 2.05) is 0 Å². The van der Waals surface area contributed by atoms with Crippen molar-refractivity contribution in [2.24, 2.45) is 0 Å². The van der Waals surface area contributed by atoms with Crippen LogP contribution in [0.3, 0.4) is 0 Å². The van der Waals surface area contributed by atoms with E-state index in [1.54, 1.807) is 7.11 Å². The molecule has 1 heterocycles. The lowest BCUT2D eigenvalue weighted by Gasteiger charge is -2.30. The van der Waals surface area contributed by atoms with Crippen LogP contribution in [0.15, 0.2) is 0 Å². The van der Waals surface area contributed by atoms with Crippen molar-refractivity contribution in [2.75, 3.05) is 26.2 Å². The molecular weight excluding hydrogens is 194 g/mol. The van der Waals surface area contributed by atoms with Crippen LogP contribution in [0.5, 0.6) is 0 Å². The fourth-order valence-corrected chi connectivity index (χ4v) is 1.43. The smallest absolute Gasteiger partial charge is 0.235 e. The average Bonchev–Trinajstić information content (AvgIpc) is 2.18. The molecule has 1 aliphatic rings. The summed E-state index contributed by atoms with van der Waals surface area (Å²) in [6.07, 6.45) is 0.724. The van der Waals surface area contributed by atoms with Crippen LogP contribution < -0.4 is 5.32 Å². The third-order valence-electron chi connectivity index (χ3n) is 2.07. The zero-order valence-corrected chi connectivity index (χ0v) is 8.34. The highest BCUT2D eigenvalue weighted by Gasteiger charge is 2.26. The van der Waals surface area contributed by atoms with E-state index in [0.717, 1.165) is 6.42 Å². The van der Waals surface area contributed by atoms with Gasteiger partial charge in [0.05, 0.1) is 12.6 Å². The quantitative estimate of drug-likeness (QED) is 0.670. The maximum atomic E-state index is 11.0. The average molecular weight is 208 g/mol. The molecule has 2 atom stereocenters. The van der Waals surface area contributed by atoms with Crippen LogP contribution in [0.1, 0.15) is 6.42 Å². The Balaban J connectivity index is 2.40.